The van der Waals surface area contributed by atoms with E-state index in [1.165, 1.54) is 11.3 Å². The predicted octanol–water partition coefficient (Wildman–Crippen LogP) is 5.95. The standard InChI is InChI=1S/C24H20Cl2N4O4S2/c1-12-8-21(30(3)29-12)34-10-18(31)19-6-7-20(36-19)24(33)28-27-13(2)15-11-35-23(22(15)32)14-4-5-16(25)17(26)9-14/h4-9,11,32H,10H2,1-3H3,(H,28,33). The number of hydrogen-bond donors (Lipinski definition) is 2. The lowest BCUT2D eigenvalue weighted by Gasteiger charge is -2.04. The van der Waals surface area contributed by atoms with E-state index in [1.54, 1.807) is 60.4 Å². The number of carbonyl (C=O) groups is 2. The third-order valence-electron chi connectivity index (χ3n) is 5.08. The molecule has 0 saturated heterocycles. The summed E-state index contributed by atoms with van der Waals surface area (Å²) in [7, 11) is 1.73. The topological polar surface area (TPSA) is 106 Å². The molecule has 0 fully saturated rings. The van der Waals surface area contributed by atoms with Crippen LogP contribution in [0.15, 0.2) is 46.9 Å². The van der Waals surface area contributed by atoms with E-state index in [0.29, 0.717) is 47.4 Å². The molecule has 3 aromatic heterocycles. The largest absolute Gasteiger partial charge is 0.506 e. The number of nitrogens with one attached hydrogen (secondary N) is 1. The second kappa shape index (κ2) is 10.8. The summed E-state index contributed by atoms with van der Waals surface area (Å²) in [5, 5.41) is 21.5. The van der Waals surface area contributed by atoms with E-state index in [9.17, 15) is 14.7 Å². The van der Waals surface area contributed by atoms with Gasteiger partial charge in [-0.1, -0.05) is 29.3 Å². The SMILES string of the molecule is CC(=NNC(=O)c1ccc(C(=O)COc2cc(C)nn2C)s1)c1csc(-c2ccc(Cl)c(Cl)c2)c1O. The summed E-state index contributed by atoms with van der Waals surface area (Å²) in [6, 6.07) is 9.95. The average Bonchev–Trinajstić information content (AvgIpc) is 3.56. The van der Waals surface area contributed by atoms with E-state index in [4.69, 9.17) is 27.9 Å². The summed E-state index contributed by atoms with van der Waals surface area (Å²) in [4.78, 5) is 26.4. The Bertz CT molecular complexity index is 1490. The predicted molar refractivity (Wildman–Crippen MR) is 143 cm³/mol. The van der Waals surface area contributed by atoms with Crippen molar-refractivity contribution in [3.05, 3.63) is 72.8 Å². The van der Waals surface area contributed by atoms with Gasteiger partial charge in [0.1, 0.15) is 5.75 Å². The number of ether oxygens (including phenoxy) is 1. The fourth-order valence-corrected chi connectivity index (χ4v) is 5.36. The van der Waals surface area contributed by atoms with Crippen LogP contribution in [-0.4, -0.2) is 38.9 Å². The molecule has 4 aromatic rings. The number of aryl methyl sites for hydroxylation is 2. The zero-order chi connectivity index (χ0) is 26.0. The number of benzene rings is 1. The van der Waals surface area contributed by atoms with Gasteiger partial charge in [-0.05, 0) is 43.7 Å². The molecule has 3 heterocycles. The Labute approximate surface area is 224 Å². The highest BCUT2D eigenvalue weighted by atomic mass is 35.5. The van der Waals surface area contributed by atoms with Crippen molar-refractivity contribution in [3.63, 3.8) is 0 Å². The van der Waals surface area contributed by atoms with E-state index in [-0.39, 0.29) is 18.1 Å². The second-order valence-corrected chi connectivity index (χ2v) is 10.5. The number of carbonyl (C=O) groups excluding carboxylic acids is 2. The monoisotopic (exact) mass is 562 g/mol. The third kappa shape index (κ3) is 5.62. The smallest absolute Gasteiger partial charge is 0.281 e. The van der Waals surface area contributed by atoms with Crippen LogP contribution >= 0.6 is 45.9 Å². The molecule has 0 bridgehead atoms. The molecule has 186 valence electrons. The highest BCUT2D eigenvalue weighted by Gasteiger charge is 2.18. The van der Waals surface area contributed by atoms with Gasteiger partial charge in [0.05, 0.1) is 41.6 Å². The minimum Gasteiger partial charge on any atom is -0.506 e. The van der Waals surface area contributed by atoms with E-state index >= 15 is 0 Å². The van der Waals surface area contributed by atoms with Crippen molar-refractivity contribution in [1.82, 2.24) is 15.2 Å². The molecular formula is C24H20Cl2N4O4S2. The zero-order valence-corrected chi connectivity index (χ0v) is 22.5. The minimum absolute atomic E-state index is 0.0292. The molecule has 0 aliphatic heterocycles. The summed E-state index contributed by atoms with van der Waals surface area (Å²) in [6.45, 7) is 3.33. The molecule has 1 amide bonds. The van der Waals surface area contributed by atoms with Crippen LogP contribution in [0.5, 0.6) is 11.6 Å². The number of hydrogen-bond acceptors (Lipinski definition) is 8. The number of rotatable bonds is 8. The van der Waals surface area contributed by atoms with Gasteiger partial charge in [-0.25, -0.2) is 10.1 Å². The van der Waals surface area contributed by atoms with Crippen molar-refractivity contribution < 1.29 is 19.4 Å². The van der Waals surface area contributed by atoms with Crippen molar-refractivity contribution in [1.29, 1.82) is 0 Å². The fourth-order valence-electron chi connectivity index (χ4n) is 3.24. The third-order valence-corrected chi connectivity index (χ3v) is 7.96. The molecular weight excluding hydrogens is 543 g/mol. The van der Waals surface area contributed by atoms with Crippen LogP contribution in [0.25, 0.3) is 10.4 Å². The van der Waals surface area contributed by atoms with Crippen LogP contribution in [0, 0.1) is 6.92 Å². The number of ketones is 1. The first kappa shape index (κ1) is 25.9. The summed E-state index contributed by atoms with van der Waals surface area (Å²) in [5.74, 6) is -0.211. The highest BCUT2D eigenvalue weighted by molar-refractivity contribution is 7.16. The number of aromatic hydroxyl groups is 1. The highest BCUT2D eigenvalue weighted by Crippen LogP contribution is 2.40. The summed E-state index contributed by atoms with van der Waals surface area (Å²) in [6.07, 6.45) is 0. The lowest BCUT2D eigenvalue weighted by molar-refractivity contribution is 0.0918. The number of halogens is 2. The lowest BCUT2D eigenvalue weighted by atomic mass is 10.1. The molecule has 0 saturated carbocycles. The first-order chi connectivity index (χ1) is 17.1. The molecule has 4 rings (SSSR count). The summed E-state index contributed by atoms with van der Waals surface area (Å²) >= 11 is 14.4. The van der Waals surface area contributed by atoms with Crippen LogP contribution in [0.1, 0.15) is 37.5 Å². The fraction of sp³-hybridized carbons (Fsp3) is 0.167. The molecule has 0 radical (unpaired) electrons. The molecule has 12 heteroatoms. The molecule has 8 nitrogen and oxygen atoms in total. The van der Waals surface area contributed by atoms with Gasteiger partial charge in [-0.15, -0.1) is 22.7 Å². The number of amides is 1. The van der Waals surface area contributed by atoms with E-state index < -0.39 is 5.91 Å². The first-order valence-electron chi connectivity index (χ1n) is 10.5. The van der Waals surface area contributed by atoms with Gasteiger partial charge in [-0.2, -0.15) is 10.2 Å². The van der Waals surface area contributed by atoms with Gasteiger partial charge >= 0.3 is 0 Å². The maximum Gasteiger partial charge on any atom is 0.281 e. The Morgan fingerprint density at radius 3 is 2.61 bits per heavy atom. The maximum absolute atomic E-state index is 12.6. The summed E-state index contributed by atoms with van der Waals surface area (Å²) < 4.78 is 7.08. The minimum atomic E-state index is -0.471. The van der Waals surface area contributed by atoms with Crippen molar-refractivity contribution >= 4 is 63.3 Å². The maximum atomic E-state index is 12.6. The molecule has 2 N–H and O–H groups in total. The van der Waals surface area contributed by atoms with E-state index in [2.05, 4.69) is 15.6 Å². The van der Waals surface area contributed by atoms with Gasteiger partial charge in [-0.3, -0.25) is 9.59 Å². The number of Topliss-reactive ketones (excluding diaryl/α,β-unsaturated/α-hetero) is 1. The molecule has 0 unspecified atom stereocenters. The Hall–Kier alpha value is -3.18. The number of thiophene rings is 2. The van der Waals surface area contributed by atoms with Crippen molar-refractivity contribution in [2.24, 2.45) is 12.1 Å². The second-order valence-electron chi connectivity index (χ2n) is 7.72. The molecule has 1 aromatic carbocycles. The van der Waals surface area contributed by atoms with Crippen molar-refractivity contribution in [2.75, 3.05) is 6.61 Å². The Balaban J connectivity index is 1.40. The molecule has 36 heavy (non-hydrogen) atoms. The van der Waals surface area contributed by atoms with Crippen LogP contribution in [-0.2, 0) is 7.05 Å². The number of aromatic nitrogens is 2. The van der Waals surface area contributed by atoms with Crippen LogP contribution in [0.2, 0.25) is 10.0 Å². The first-order valence-corrected chi connectivity index (χ1v) is 13.0. The quantitative estimate of drug-likeness (QED) is 0.157. The lowest BCUT2D eigenvalue weighted by Crippen LogP contribution is -2.18. The molecule has 0 spiro atoms. The van der Waals surface area contributed by atoms with Crippen molar-refractivity contribution in [2.45, 2.75) is 13.8 Å². The van der Waals surface area contributed by atoms with E-state index in [1.807, 2.05) is 6.92 Å². The van der Waals surface area contributed by atoms with E-state index in [0.717, 1.165) is 17.0 Å². The van der Waals surface area contributed by atoms with Gasteiger partial charge in [0.25, 0.3) is 5.91 Å². The summed E-state index contributed by atoms with van der Waals surface area (Å²) in [5.41, 5.74) is 4.86. The van der Waals surface area contributed by atoms with Crippen LogP contribution in [0.3, 0.4) is 0 Å². The van der Waals surface area contributed by atoms with Crippen LogP contribution < -0.4 is 10.2 Å². The van der Waals surface area contributed by atoms with Crippen molar-refractivity contribution in [3.8, 4) is 22.1 Å². The Morgan fingerprint density at radius 2 is 1.92 bits per heavy atom. The normalized spacial score (nSPS) is 11.5. The van der Waals surface area contributed by atoms with Crippen LogP contribution in [0.4, 0.5) is 0 Å². The zero-order valence-electron chi connectivity index (χ0n) is 19.3. The molecule has 0 atom stereocenters. The van der Waals surface area contributed by atoms with Gasteiger partial charge in [0.15, 0.2) is 6.61 Å². The molecule has 0 aliphatic rings. The van der Waals surface area contributed by atoms with Gasteiger partial charge < -0.3 is 9.84 Å². The number of hydrazone groups is 1. The number of nitrogens with zero attached hydrogens (tertiary/aromatic N) is 3. The van der Waals surface area contributed by atoms with Gasteiger partial charge in [0, 0.05) is 18.5 Å². The average molecular weight is 563 g/mol. The Kier molecular flexibility index (Phi) is 7.79. The molecule has 0 aliphatic carbocycles. The van der Waals surface area contributed by atoms with Gasteiger partial charge in [0.2, 0.25) is 11.7 Å². The Morgan fingerprint density at radius 1 is 1.17 bits per heavy atom.